The van der Waals surface area contributed by atoms with Gasteiger partial charge >= 0.3 is 0 Å². The zero-order valence-electron chi connectivity index (χ0n) is 13.7. The Kier molecular flexibility index (Phi) is 4.26. The van der Waals surface area contributed by atoms with Gasteiger partial charge in [0.15, 0.2) is 0 Å². The molecule has 1 aromatic rings. The van der Waals surface area contributed by atoms with E-state index in [0.29, 0.717) is 23.1 Å². The van der Waals surface area contributed by atoms with E-state index in [1.54, 1.807) is 6.07 Å². The van der Waals surface area contributed by atoms with Gasteiger partial charge in [-0.1, -0.05) is 20.8 Å². The number of nitro benzene ring substituents is 1. The van der Waals surface area contributed by atoms with Crippen LogP contribution in [0.1, 0.15) is 51.2 Å². The summed E-state index contributed by atoms with van der Waals surface area (Å²) in [6.45, 7) is 10.8. The quantitative estimate of drug-likeness (QED) is 0.640. The lowest BCUT2D eigenvalue weighted by molar-refractivity contribution is -0.384. The summed E-state index contributed by atoms with van der Waals surface area (Å²) >= 11 is 0. The van der Waals surface area contributed by atoms with Crippen LogP contribution in [0.25, 0.3) is 0 Å². The molecule has 1 aliphatic rings. The topological polar surface area (TPSA) is 55.2 Å². The van der Waals surface area contributed by atoms with E-state index in [4.69, 9.17) is 0 Å². The number of hydrogen-bond donors (Lipinski definition) is 1. The van der Waals surface area contributed by atoms with E-state index in [0.717, 1.165) is 30.4 Å². The van der Waals surface area contributed by atoms with Crippen LogP contribution in [0.4, 0.5) is 11.4 Å². The van der Waals surface area contributed by atoms with Gasteiger partial charge in [0.1, 0.15) is 5.69 Å². The van der Waals surface area contributed by atoms with Crippen LogP contribution >= 0.6 is 0 Å². The number of aryl methyl sites for hydroxylation is 2. The van der Waals surface area contributed by atoms with Crippen molar-refractivity contribution in [3.8, 4) is 0 Å². The molecule has 1 aliphatic carbocycles. The summed E-state index contributed by atoms with van der Waals surface area (Å²) in [5.74, 6) is 0.523. The number of nitro groups is 1. The smallest absolute Gasteiger partial charge is 0.292 e. The molecule has 1 saturated carbocycles. The third-order valence-corrected chi connectivity index (χ3v) is 4.84. The van der Waals surface area contributed by atoms with Gasteiger partial charge in [0.05, 0.1) is 4.92 Å². The number of nitrogens with one attached hydrogen (secondary N) is 1. The number of benzene rings is 1. The molecule has 0 aromatic heterocycles. The van der Waals surface area contributed by atoms with Crippen molar-refractivity contribution in [2.75, 3.05) is 5.32 Å². The number of nitrogens with zero attached hydrogens (tertiary/aromatic N) is 1. The average Bonchev–Trinajstić information content (AvgIpc) is 2.35. The summed E-state index contributed by atoms with van der Waals surface area (Å²) in [6.07, 6.45) is 3.38. The molecule has 0 aliphatic heterocycles. The molecular formula is C17H26N2O2. The fourth-order valence-electron chi connectivity index (χ4n) is 3.43. The molecule has 4 heteroatoms. The van der Waals surface area contributed by atoms with Crippen LogP contribution in [-0.2, 0) is 0 Å². The van der Waals surface area contributed by atoms with Crippen LogP contribution in [-0.4, -0.2) is 11.0 Å². The molecule has 0 spiro atoms. The predicted octanol–water partition coefficient (Wildman–Crippen LogP) is 4.84. The first-order valence-corrected chi connectivity index (χ1v) is 7.72. The van der Waals surface area contributed by atoms with Gasteiger partial charge in [-0.05, 0) is 61.6 Å². The lowest BCUT2D eigenvalue weighted by Crippen LogP contribution is -2.37. The summed E-state index contributed by atoms with van der Waals surface area (Å²) in [6, 6.07) is 3.91. The van der Waals surface area contributed by atoms with E-state index in [9.17, 15) is 10.1 Å². The molecule has 0 bridgehead atoms. The van der Waals surface area contributed by atoms with Gasteiger partial charge in [-0.3, -0.25) is 10.1 Å². The molecule has 116 valence electrons. The van der Waals surface area contributed by atoms with Gasteiger partial charge in [0.25, 0.3) is 5.69 Å². The van der Waals surface area contributed by atoms with Crippen LogP contribution in [0.15, 0.2) is 12.1 Å². The van der Waals surface area contributed by atoms with Crippen LogP contribution in [0.3, 0.4) is 0 Å². The van der Waals surface area contributed by atoms with Crippen molar-refractivity contribution in [3.05, 3.63) is 33.4 Å². The standard InChI is InChI=1S/C17H26N2O2/c1-11-8-15(16(19(20)21)9-12(11)2)18-14-6-7-17(4,5)10-13(14)3/h8-9,13-14,18H,6-7,10H2,1-5H3. The van der Waals surface area contributed by atoms with Gasteiger partial charge in [0, 0.05) is 12.1 Å². The van der Waals surface area contributed by atoms with Crippen molar-refractivity contribution in [1.29, 1.82) is 0 Å². The third kappa shape index (κ3) is 3.55. The highest BCUT2D eigenvalue weighted by Crippen LogP contribution is 2.40. The van der Waals surface area contributed by atoms with Gasteiger partial charge < -0.3 is 5.32 Å². The Balaban J connectivity index is 2.23. The van der Waals surface area contributed by atoms with E-state index < -0.39 is 0 Å². The normalized spacial score (nSPS) is 24.6. The zero-order valence-corrected chi connectivity index (χ0v) is 13.7. The number of anilines is 1. The first kappa shape index (κ1) is 15.8. The molecule has 0 saturated heterocycles. The Morgan fingerprint density at radius 3 is 2.48 bits per heavy atom. The minimum Gasteiger partial charge on any atom is -0.376 e. The summed E-state index contributed by atoms with van der Waals surface area (Å²) in [5.41, 5.74) is 3.29. The van der Waals surface area contributed by atoms with Gasteiger partial charge in [-0.2, -0.15) is 0 Å². The highest BCUT2D eigenvalue weighted by atomic mass is 16.6. The second-order valence-electron chi connectivity index (χ2n) is 7.35. The maximum atomic E-state index is 11.3. The molecule has 2 atom stereocenters. The van der Waals surface area contributed by atoms with Crippen molar-refractivity contribution in [3.63, 3.8) is 0 Å². The average molecular weight is 290 g/mol. The zero-order chi connectivity index (χ0) is 15.8. The molecule has 0 heterocycles. The summed E-state index contributed by atoms with van der Waals surface area (Å²) in [4.78, 5) is 11.0. The molecule has 1 aromatic carbocycles. The third-order valence-electron chi connectivity index (χ3n) is 4.84. The van der Waals surface area contributed by atoms with Crippen LogP contribution < -0.4 is 5.32 Å². The van der Waals surface area contributed by atoms with Gasteiger partial charge in [-0.15, -0.1) is 0 Å². The largest absolute Gasteiger partial charge is 0.376 e. The van der Waals surface area contributed by atoms with E-state index >= 15 is 0 Å². The molecular weight excluding hydrogens is 264 g/mol. The SMILES string of the molecule is Cc1cc(NC2CCC(C)(C)CC2C)c([N+](=O)[O-])cc1C. The van der Waals surface area contributed by atoms with Crippen molar-refractivity contribution in [1.82, 2.24) is 0 Å². The number of hydrogen-bond acceptors (Lipinski definition) is 3. The van der Waals surface area contributed by atoms with Crippen molar-refractivity contribution < 1.29 is 4.92 Å². The molecule has 2 unspecified atom stereocenters. The monoisotopic (exact) mass is 290 g/mol. The molecule has 21 heavy (non-hydrogen) atoms. The van der Waals surface area contributed by atoms with Gasteiger partial charge in [-0.25, -0.2) is 0 Å². The fourth-order valence-corrected chi connectivity index (χ4v) is 3.43. The van der Waals surface area contributed by atoms with E-state index in [2.05, 4.69) is 26.1 Å². The Labute approximate surface area is 127 Å². The van der Waals surface area contributed by atoms with E-state index in [1.807, 2.05) is 19.9 Å². The maximum absolute atomic E-state index is 11.3. The fraction of sp³-hybridized carbons (Fsp3) is 0.647. The molecule has 4 nitrogen and oxygen atoms in total. The molecule has 1 N–H and O–H groups in total. The molecule has 0 amide bonds. The van der Waals surface area contributed by atoms with Crippen molar-refractivity contribution in [2.45, 2.75) is 59.9 Å². The minimum absolute atomic E-state index is 0.190. The molecule has 1 fully saturated rings. The predicted molar refractivity (Wildman–Crippen MR) is 86.8 cm³/mol. The van der Waals surface area contributed by atoms with Crippen LogP contribution in [0.2, 0.25) is 0 Å². The Bertz CT molecular complexity index is 552. The van der Waals surface area contributed by atoms with E-state index in [1.165, 1.54) is 0 Å². The molecule has 0 radical (unpaired) electrons. The second kappa shape index (κ2) is 5.66. The van der Waals surface area contributed by atoms with E-state index in [-0.39, 0.29) is 10.6 Å². The van der Waals surface area contributed by atoms with Gasteiger partial charge in [0.2, 0.25) is 0 Å². The summed E-state index contributed by atoms with van der Waals surface area (Å²) < 4.78 is 0. The second-order valence-corrected chi connectivity index (χ2v) is 7.35. The minimum atomic E-state index is -0.286. The van der Waals surface area contributed by atoms with Crippen LogP contribution in [0, 0.1) is 35.3 Å². The Morgan fingerprint density at radius 1 is 1.29 bits per heavy atom. The highest BCUT2D eigenvalue weighted by molar-refractivity contribution is 5.65. The van der Waals surface area contributed by atoms with Crippen molar-refractivity contribution >= 4 is 11.4 Å². The number of rotatable bonds is 3. The first-order valence-electron chi connectivity index (χ1n) is 7.72. The Morgan fingerprint density at radius 2 is 1.90 bits per heavy atom. The highest BCUT2D eigenvalue weighted by Gasteiger charge is 2.33. The molecule has 2 rings (SSSR count). The van der Waals surface area contributed by atoms with Crippen LogP contribution in [0.5, 0.6) is 0 Å². The lowest BCUT2D eigenvalue weighted by atomic mass is 9.70. The Hall–Kier alpha value is -1.58. The summed E-state index contributed by atoms with van der Waals surface area (Å²) in [5, 5.41) is 14.7. The first-order chi connectivity index (χ1) is 9.69. The lowest BCUT2D eigenvalue weighted by Gasteiger charge is -2.39. The summed E-state index contributed by atoms with van der Waals surface area (Å²) in [7, 11) is 0. The maximum Gasteiger partial charge on any atom is 0.292 e. The van der Waals surface area contributed by atoms with Crippen molar-refractivity contribution in [2.24, 2.45) is 11.3 Å².